The van der Waals surface area contributed by atoms with Gasteiger partial charge < -0.3 is 9.64 Å². The maximum atomic E-state index is 12.6. The van der Waals surface area contributed by atoms with Crippen molar-refractivity contribution in [3.05, 3.63) is 11.6 Å². The fourth-order valence-corrected chi connectivity index (χ4v) is 3.68. The molecule has 2 fully saturated rings. The molecule has 21 heavy (non-hydrogen) atoms. The summed E-state index contributed by atoms with van der Waals surface area (Å²) in [6.45, 7) is 4.03. The molecule has 1 aliphatic heterocycles. The van der Waals surface area contributed by atoms with Gasteiger partial charge in [-0.15, -0.1) is 0 Å². The quantitative estimate of drug-likeness (QED) is 0.912. The molecular weight excluding hydrogens is 268 g/mol. The molecule has 1 aromatic rings. The molecule has 1 amide bonds. The predicted octanol–water partition coefficient (Wildman–Crippen LogP) is 1.49. The summed E-state index contributed by atoms with van der Waals surface area (Å²) < 4.78 is 5.33. The van der Waals surface area contributed by atoms with Gasteiger partial charge in [-0.1, -0.05) is 12.8 Å². The molecule has 0 radical (unpaired) electrons. The highest BCUT2D eigenvalue weighted by Crippen LogP contribution is 2.34. The zero-order valence-electron chi connectivity index (χ0n) is 12.8. The number of likely N-dealkylation sites (tertiary alicyclic amines) is 1. The summed E-state index contributed by atoms with van der Waals surface area (Å²) >= 11 is 0. The standard InChI is InChI=1S/C15H24N4O2/c1-10-16-14(18-17-10)13-8-19(7-12(13)9-21-2)15(20)11-5-3-4-6-11/h11-13H,3-9H2,1-2H3,(H,16,17,18)/t12-,13+/m0/s1. The number of ether oxygens (including phenoxy) is 1. The Labute approximate surface area is 125 Å². The van der Waals surface area contributed by atoms with Gasteiger partial charge in [-0.3, -0.25) is 9.89 Å². The number of amides is 1. The average molecular weight is 292 g/mol. The van der Waals surface area contributed by atoms with Gasteiger partial charge >= 0.3 is 0 Å². The van der Waals surface area contributed by atoms with Crippen molar-refractivity contribution in [1.29, 1.82) is 0 Å². The molecule has 2 atom stereocenters. The third-order valence-corrected chi connectivity index (χ3v) is 4.78. The second-order valence-corrected chi connectivity index (χ2v) is 6.33. The van der Waals surface area contributed by atoms with Crippen molar-refractivity contribution in [3.8, 4) is 0 Å². The van der Waals surface area contributed by atoms with E-state index in [4.69, 9.17) is 4.74 Å². The Kier molecular flexibility index (Phi) is 4.24. The largest absolute Gasteiger partial charge is 0.384 e. The van der Waals surface area contributed by atoms with E-state index in [0.717, 1.165) is 37.6 Å². The van der Waals surface area contributed by atoms with Crippen LogP contribution in [-0.4, -0.2) is 52.8 Å². The Morgan fingerprint density at radius 2 is 2.14 bits per heavy atom. The topological polar surface area (TPSA) is 71.1 Å². The van der Waals surface area contributed by atoms with Gasteiger partial charge in [0.05, 0.1) is 6.61 Å². The number of nitrogens with zero attached hydrogens (tertiary/aromatic N) is 3. The van der Waals surface area contributed by atoms with Gasteiger partial charge in [0.1, 0.15) is 5.82 Å². The van der Waals surface area contributed by atoms with Crippen molar-refractivity contribution in [2.75, 3.05) is 26.8 Å². The molecule has 0 unspecified atom stereocenters. The number of aryl methyl sites for hydroxylation is 1. The minimum atomic E-state index is 0.181. The van der Waals surface area contributed by atoms with E-state index >= 15 is 0 Å². The van der Waals surface area contributed by atoms with Crippen LogP contribution in [0.25, 0.3) is 0 Å². The number of methoxy groups -OCH3 is 1. The van der Waals surface area contributed by atoms with Gasteiger partial charge in [0.25, 0.3) is 0 Å². The highest BCUT2D eigenvalue weighted by Gasteiger charge is 2.40. The summed E-state index contributed by atoms with van der Waals surface area (Å²) in [7, 11) is 1.71. The second-order valence-electron chi connectivity index (χ2n) is 6.33. The van der Waals surface area contributed by atoms with Crippen LogP contribution in [0.15, 0.2) is 0 Å². The van der Waals surface area contributed by atoms with E-state index in [0.29, 0.717) is 12.5 Å². The van der Waals surface area contributed by atoms with Crippen LogP contribution >= 0.6 is 0 Å². The summed E-state index contributed by atoms with van der Waals surface area (Å²) in [5.41, 5.74) is 0. The monoisotopic (exact) mass is 292 g/mol. The van der Waals surface area contributed by atoms with Crippen LogP contribution in [0.4, 0.5) is 0 Å². The highest BCUT2D eigenvalue weighted by atomic mass is 16.5. The van der Waals surface area contributed by atoms with Crippen LogP contribution in [-0.2, 0) is 9.53 Å². The molecule has 116 valence electrons. The molecule has 2 aliphatic rings. The third-order valence-electron chi connectivity index (χ3n) is 4.78. The van der Waals surface area contributed by atoms with Gasteiger partial charge in [0.15, 0.2) is 5.82 Å². The average Bonchev–Trinajstić information content (AvgIpc) is 3.17. The van der Waals surface area contributed by atoms with E-state index in [9.17, 15) is 4.79 Å². The van der Waals surface area contributed by atoms with E-state index in [1.54, 1.807) is 7.11 Å². The van der Waals surface area contributed by atoms with Crippen molar-refractivity contribution in [1.82, 2.24) is 20.1 Å². The van der Waals surface area contributed by atoms with Crippen LogP contribution in [0.3, 0.4) is 0 Å². The molecule has 1 saturated carbocycles. The molecule has 6 heteroatoms. The minimum absolute atomic E-state index is 0.181. The Morgan fingerprint density at radius 1 is 1.38 bits per heavy atom. The first-order chi connectivity index (χ1) is 10.2. The molecule has 6 nitrogen and oxygen atoms in total. The number of nitrogens with one attached hydrogen (secondary N) is 1. The number of H-pyrrole nitrogens is 1. The molecular formula is C15H24N4O2. The summed E-state index contributed by atoms with van der Waals surface area (Å²) in [6.07, 6.45) is 4.48. The SMILES string of the molecule is COC[C@@H]1CN(C(=O)C2CCCC2)C[C@H]1c1n[nH]c(C)n1. The van der Waals surface area contributed by atoms with Crippen LogP contribution in [0, 0.1) is 18.8 Å². The third kappa shape index (κ3) is 2.95. The molecule has 3 rings (SSSR count). The first kappa shape index (κ1) is 14.5. The van der Waals surface area contributed by atoms with Gasteiger partial charge in [-0.2, -0.15) is 5.10 Å². The normalized spacial score (nSPS) is 26.7. The Balaban J connectivity index is 1.72. The molecule has 2 heterocycles. The Morgan fingerprint density at radius 3 is 2.76 bits per heavy atom. The lowest BCUT2D eigenvalue weighted by Gasteiger charge is -2.20. The van der Waals surface area contributed by atoms with Crippen LogP contribution in [0.5, 0.6) is 0 Å². The lowest BCUT2D eigenvalue weighted by Crippen LogP contribution is -2.33. The fourth-order valence-electron chi connectivity index (χ4n) is 3.68. The number of rotatable bonds is 4. The van der Waals surface area contributed by atoms with Crippen molar-refractivity contribution in [2.24, 2.45) is 11.8 Å². The zero-order valence-corrected chi connectivity index (χ0v) is 12.8. The number of carbonyl (C=O) groups is 1. The molecule has 0 bridgehead atoms. The van der Waals surface area contributed by atoms with E-state index in [2.05, 4.69) is 15.2 Å². The van der Waals surface area contributed by atoms with Crippen molar-refractivity contribution < 1.29 is 9.53 Å². The van der Waals surface area contributed by atoms with Gasteiger partial charge in [-0.05, 0) is 19.8 Å². The predicted molar refractivity (Wildman–Crippen MR) is 77.8 cm³/mol. The van der Waals surface area contributed by atoms with Crippen LogP contribution in [0.2, 0.25) is 0 Å². The Bertz CT molecular complexity index is 496. The smallest absolute Gasteiger partial charge is 0.225 e. The first-order valence-corrected chi connectivity index (χ1v) is 7.85. The molecule has 1 N–H and O–H groups in total. The summed E-state index contributed by atoms with van der Waals surface area (Å²) in [5.74, 6) is 2.66. The molecule has 0 spiro atoms. The maximum Gasteiger partial charge on any atom is 0.225 e. The van der Waals surface area contributed by atoms with Crippen molar-refractivity contribution in [2.45, 2.75) is 38.5 Å². The maximum absolute atomic E-state index is 12.6. The number of carbonyl (C=O) groups excluding carboxylic acids is 1. The molecule has 1 aliphatic carbocycles. The second kappa shape index (κ2) is 6.13. The van der Waals surface area contributed by atoms with E-state index in [-0.39, 0.29) is 17.8 Å². The Hall–Kier alpha value is -1.43. The number of aromatic amines is 1. The number of hydrogen-bond acceptors (Lipinski definition) is 4. The van der Waals surface area contributed by atoms with E-state index in [1.807, 2.05) is 11.8 Å². The first-order valence-electron chi connectivity index (χ1n) is 7.85. The van der Waals surface area contributed by atoms with Gasteiger partial charge in [-0.25, -0.2) is 4.98 Å². The lowest BCUT2D eigenvalue weighted by molar-refractivity contribution is -0.134. The van der Waals surface area contributed by atoms with Crippen LogP contribution in [0.1, 0.15) is 43.3 Å². The molecule has 1 aromatic heterocycles. The lowest BCUT2D eigenvalue weighted by atomic mass is 9.96. The summed E-state index contributed by atoms with van der Waals surface area (Å²) in [5, 5.41) is 7.19. The molecule has 1 saturated heterocycles. The van der Waals surface area contributed by atoms with Gasteiger partial charge in [0, 0.05) is 38.0 Å². The fraction of sp³-hybridized carbons (Fsp3) is 0.800. The zero-order chi connectivity index (χ0) is 14.8. The molecule has 0 aromatic carbocycles. The summed E-state index contributed by atoms with van der Waals surface area (Å²) in [6, 6.07) is 0. The van der Waals surface area contributed by atoms with Crippen molar-refractivity contribution >= 4 is 5.91 Å². The minimum Gasteiger partial charge on any atom is -0.384 e. The van der Waals surface area contributed by atoms with Gasteiger partial charge in [0.2, 0.25) is 5.91 Å². The summed E-state index contributed by atoms with van der Waals surface area (Å²) in [4.78, 5) is 19.1. The number of hydrogen-bond donors (Lipinski definition) is 1. The number of aromatic nitrogens is 3. The highest BCUT2D eigenvalue weighted by molar-refractivity contribution is 5.79. The van der Waals surface area contributed by atoms with E-state index < -0.39 is 0 Å². The van der Waals surface area contributed by atoms with Crippen molar-refractivity contribution in [3.63, 3.8) is 0 Å². The van der Waals surface area contributed by atoms with Crippen LogP contribution < -0.4 is 0 Å². The van der Waals surface area contributed by atoms with E-state index in [1.165, 1.54) is 12.8 Å².